The number of rotatable bonds is 45. The van der Waals surface area contributed by atoms with Crippen molar-refractivity contribution >= 4 is 5.97 Å². The monoisotopic (exact) mass is 891 g/mol. The summed E-state index contributed by atoms with van der Waals surface area (Å²) in [5, 5.41) is 40.2. The highest BCUT2D eigenvalue weighted by molar-refractivity contribution is 5.69. The van der Waals surface area contributed by atoms with Gasteiger partial charge >= 0.3 is 5.97 Å². The summed E-state index contributed by atoms with van der Waals surface area (Å²) in [5.74, 6) is -0.319. The van der Waals surface area contributed by atoms with E-state index in [1.165, 1.54) is 154 Å². The molecule has 4 N–H and O–H groups in total. The standard InChI is InChI=1S/C54H98O9/c1-3-5-7-9-11-13-15-17-19-20-21-22-23-24-25-26-27-28-29-31-33-35-37-39-41-43-50(56)62-48(47-61-54-53(59)52(58)51(57)49(45-55)63-54)46-60-44-42-40-38-36-34-32-30-18-16-14-12-10-8-6-4-2/h15-18,20-21,23-24,48-49,51-55,57-59H,3-14,19,22,25-47H2,1-2H3/b17-15-,18-16-,21-20-,24-23-. The third-order valence-corrected chi connectivity index (χ3v) is 12.0. The molecule has 6 atom stereocenters. The van der Waals surface area contributed by atoms with E-state index in [1.54, 1.807) is 0 Å². The lowest BCUT2D eigenvalue weighted by Crippen LogP contribution is -2.59. The molecule has 9 heteroatoms. The summed E-state index contributed by atoms with van der Waals surface area (Å²) in [7, 11) is 0. The largest absolute Gasteiger partial charge is 0.457 e. The second-order valence-electron chi connectivity index (χ2n) is 18.0. The van der Waals surface area contributed by atoms with Crippen molar-refractivity contribution in [2.45, 2.75) is 263 Å². The Morgan fingerprint density at radius 1 is 0.508 bits per heavy atom. The maximum Gasteiger partial charge on any atom is 0.306 e. The van der Waals surface area contributed by atoms with Crippen LogP contribution in [0.2, 0.25) is 0 Å². The van der Waals surface area contributed by atoms with Gasteiger partial charge in [-0.25, -0.2) is 0 Å². The highest BCUT2D eigenvalue weighted by Gasteiger charge is 2.44. The number of aliphatic hydroxyl groups is 4. The van der Waals surface area contributed by atoms with Crippen LogP contribution in [0.3, 0.4) is 0 Å². The Kier molecular flexibility index (Phi) is 42.6. The third kappa shape index (κ3) is 36.0. The van der Waals surface area contributed by atoms with Crippen molar-refractivity contribution in [1.29, 1.82) is 0 Å². The minimum Gasteiger partial charge on any atom is -0.457 e. The minimum absolute atomic E-state index is 0.117. The molecule has 1 saturated heterocycles. The molecule has 1 aliphatic heterocycles. The fourth-order valence-electron chi connectivity index (χ4n) is 7.85. The van der Waals surface area contributed by atoms with Gasteiger partial charge in [-0.15, -0.1) is 0 Å². The average molecular weight is 891 g/mol. The first-order valence-corrected chi connectivity index (χ1v) is 26.2. The zero-order valence-electron chi connectivity index (χ0n) is 40.6. The Bertz CT molecular complexity index is 1100. The number of carbonyl (C=O) groups is 1. The van der Waals surface area contributed by atoms with Gasteiger partial charge in [0.05, 0.1) is 19.8 Å². The number of allylic oxidation sites excluding steroid dienone is 8. The van der Waals surface area contributed by atoms with Gasteiger partial charge in [0.2, 0.25) is 0 Å². The van der Waals surface area contributed by atoms with Gasteiger partial charge < -0.3 is 39.4 Å². The van der Waals surface area contributed by atoms with Crippen LogP contribution in [0.4, 0.5) is 0 Å². The van der Waals surface area contributed by atoms with E-state index in [4.69, 9.17) is 18.9 Å². The lowest BCUT2D eigenvalue weighted by atomic mass is 9.99. The van der Waals surface area contributed by atoms with E-state index in [0.29, 0.717) is 13.0 Å². The first-order chi connectivity index (χ1) is 30.9. The summed E-state index contributed by atoms with van der Waals surface area (Å²) >= 11 is 0. The molecule has 1 rings (SSSR count). The Balaban J connectivity index is 2.19. The first kappa shape index (κ1) is 59.2. The van der Waals surface area contributed by atoms with Gasteiger partial charge in [-0.1, -0.05) is 191 Å². The van der Waals surface area contributed by atoms with Crippen LogP contribution in [0.5, 0.6) is 0 Å². The first-order valence-electron chi connectivity index (χ1n) is 26.2. The topological polar surface area (TPSA) is 135 Å². The maximum absolute atomic E-state index is 12.8. The van der Waals surface area contributed by atoms with Crippen LogP contribution < -0.4 is 0 Å². The highest BCUT2D eigenvalue weighted by atomic mass is 16.7. The quantitative estimate of drug-likeness (QED) is 0.0268. The molecule has 0 bridgehead atoms. The molecule has 368 valence electrons. The van der Waals surface area contributed by atoms with Crippen molar-refractivity contribution in [3.8, 4) is 0 Å². The van der Waals surface area contributed by atoms with E-state index in [-0.39, 0.29) is 19.2 Å². The number of ether oxygens (including phenoxy) is 4. The van der Waals surface area contributed by atoms with E-state index < -0.39 is 43.4 Å². The summed E-state index contributed by atoms with van der Waals surface area (Å²) in [4.78, 5) is 12.8. The molecule has 0 aromatic carbocycles. The van der Waals surface area contributed by atoms with Crippen LogP contribution in [-0.4, -0.2) is 89.6 Å². The second kappa shape index (κ2) is 45.3. The highest BCUT2D eigenvalue weighted by Crippen LogP contribution is 2.23. The fourth-order valence-corrected chi connectivity index (χ4v) is 7.85. The second-order valence-corrected chi connectivity index (χ2v) is 18.0. The van der Waals surface area contributed by atoms with Crippen LogP contribution in [0.1, 0.15) is 226 Å². The van der Waals surface area contributed by atoms with E-state index in [1.807, 2.05) is 0 Å². The minimum atomic E-state index is -1.54. The van der Waals surface area contributed by atoms with Crippen molar-refractivity contribution in [2.24, 2.45) is 0 Å². The van der Waals surface area contributed by atoms with Gasteiger partial charge in [-0.2, -0.15) is 0 Å². The van der Waals surface area contributed by atoms with Crippen molar-refractivity contribution in [1.82, 2.24) is 0 Å². The molecule has 9 nitrogen and oxygen atoms in total. The van der Waals surface area contributed by atoms with Gasteiger partial charge in [-0.3, -0.25) is 4.79 Å². The molecule has 0 aromatic heterocycles. The van der Waals surface area contributed by atoms with Gasteiger partial charge in [-0.05, 0) is 77.0 Å². The van der Waals surface area contributed by atoms with Crippen LogP contribution in [0, 0.1) is 0 Å². The van der Waals surface area contributed by atoms with E-state index in [2.05, 4.69) is 62.5 Å². The lowest BCUT2D eigenvalue weighted by molar-refractivity contribution is -0.305. The molecule has 63 heavy (non-hydrogen) atoms. The Hall–Kier alpha value is -1.85. The maximum atomic E-state index is 12.8. The predicted molar refractivity (Wildman–Crippen MR) is 261 cm³/mol. The van der Waals surface area contributed by atoms with E-state index in [9.17, 15) is 25.2 Å². The van der Waals surface area contributed by atoms with Gasteiger partial charge in [0.1, 0.15) is 30.5 Å². The molecule has 1 heterocycles. The van der Waals surface area contributed by atoms with Crippen LogP contribution in [-0.2, 0) is 23.7 Å². The van der Waals surface area contributed by atoms with Crippen molar-refractivity contribution in [3.63, 3.8) is 0 Å². The number of hydrogen-bond donors (Lipinski definition) is 4. The summed E-state index contributed by atoms with van der Waals surface area (Å²) in [6, 6.07) is 0. The summed E-state index contributed by atoms with van der Waals surface area (Å²) < 4.78 is 22.9. The molecule has 0 aromatic rings. The molecular formula is C54H98O9. The molecule has 0 amide bonds. The molecule has 1 fully saturated rings. The Morgan fingerprint density at radius 2 is 0.921 bits per heavy atom. The Labute approximate surface area is 386 Å². The van der Waals surface area contributed by atoms with E-state index in [0.717, 1.165) is 51.4 Å². The molecule has 0 radical (unpaired) electrons. The van der Waals surface area contributed by atoms with Crippen LogP contribution >= 0.6 is 0 Å². The van der Waals surface area contributed by atoms with Crippen molar-refractivity contribution in [2.75, 3.05) is 26.4 Å². The average Bonchev–Trinajstić information content (AvgIpc) is 3.28. The van der Waals surface area contributed by atoms with Gasteiger partial charge in [0.25, 0.3) is 0 Å². The van der Waals surface area contributed by atoms with E-state index >= 15 is 0 Å². The zero-order valence-corrected chi connectivity index (χ0v) is 40.6. The predicted octanol–water partition coefficient (Wildman–Crippen LogP) is 12.9. The molecule has 0 saturated carbocycles. The van der Waals surface area contributed by atoms with Gasteiger partial charge in [0, 0.05) is 13.0 Å². The number of esters is 1. The van der Waals surface area contributed by atoms with Crippen LogP contribution in [0.15, 0.2) is 48.6 Å². The van der Waals surface area contributed by atoms with Crippen molar-refractivity contribution in [3.05, 3.63) is 48.6 Å². The molecule has 0 aliphatic carbocycles. The normalized spacial score (nSPS) is 20.0. The van der Waals surface area contributed by atoms with Crippen molar-refractivity contribution < 1.29 is 44.2 Å². The third-order valence-electron chi connectivity index (χ3n) is 12.0. The molecule has 0 spiro atoms. The number of hydrogen-bond acceptors (Lipinski definition) is 9. The van der Waals surface area contributed by atoms with Gasteiger partial charge in [0.15, 0.2) is 6.29 Å². The number of unbranched alkanes of at least 4 members (excludes halogenated alkanes) is 26. The summed E-state index contributed by atoms with van der Waals surface area (Å²) in [6.07, 6.45) is 50.0. The zero-order chi connectivity index (χ0) is 45.7. The number of carbonyl (C=O) groups excluding carboxylic acids is 1. The molecule has 1 aliphatic rings. The fraction of sp³-hybridized carbons (Fsp3) is 0.833. The smallest absolute Gasteiger partial charge is 0.306 e. The summed E-state index contributed by atoms with van der Waals surface area (Å²) in [5.41, 5.74) is 0. The SMILES string of the molecule is CCCCCCC/C=C\C/C=C\C/C=C\CCCCCCCCCCCCC(=O)OC(COCCCCCCCC/C=C\CCCCCCC)COC1OC(CO)C(O)C(O)C1O. The lowest BCUT2D eigenvalue weighted by Gasteiger charge is -2.39. The molecular weight excluding hydrogens is 793 g/mol. The Morgan fingerprint density at radius 3 is 1.40 bits per heavy atom. The molecule has 6 unspecified atom stereocenters. The van der Waals surface area contributed by atoms with Crippen LogP contribution in [0.25, 0.3) is 0 Å². The summed E-state index contributed by atoms with van der Waals surface area (Å²) in [6.45, 7) is 4.54. The number of aliphatic hydroxyl groups excluding tert-OH is 4.